The van der Waals surface area contributed by atoms with E-state index in [4.69, 9.17) is 9.47 Å². The number of ether oxygens (including phenoxy) is 2. The summed E-state index contributed by atoms with van der Waals surface area (Å²) in [4.78, 5) is 37.1. The number of alkyl carbamates (subject to hydrolysis) is 1. The lowest BCUT2D eigenvalue weighted by Crippen LogP contribution is -2.52. The molecule has 2 amide bonds. The molecule has 0 fully saturated rings. The maximum atomic E-state index is 12.8. The van der Waals surface area contributed by atoms with Gasteiger partial charge in [-0.2, -0.15) is 0 Å². The van der Waals surface area contributed by atoms with Crippen LogP contribution < -0.4 is 10.6 Å². The van der Waals surface area contributed by atoms with E-state index in [1.54, 1.807) is 0 Å². The van der Waals surface area contributed by atoms with Crippen molar-refractivity contribution in [3.63, 3.8) is 0 Å². The van der Waals surface area contributed by atoms with Crippen molar-refractivity contribution in [3.05, 3.63) is 35.9 Å². The average Bonchev–Trinajstić information content (AvgIpc) is 2.73. The van der Waals surface area contributed by atoms with Crippen LogP contribution in [0.2, 0.25) is 0 Å². The molecule has 0 saturated heterocycles. The van der Waals surface area contributed by atoms with Crippen LogP contribution in [-0.2, 0) is 25.7 Å². The van der Waals surface area contributed by atoms with Gasteiger partial charge in [-0.25, -0.2) is 9.59 Å². The van der Waals surface area contributed by atoms with Gasteiger partial charge in [-0.1, -0.05) is 76.8 Å². The second-order valence-corrected chi connectivity index (χ2v) is 7.82. The number of nitrogens with one attached hydrogen (secondary N) is 2. The molecule has 1 aromatic rings. The molecule has 2 N–H and O–H groups in total. The number of amides is 2. The topological polar surface area (TPSA) is 93.7 Å². The van der Waals surface area contributed by atoms with Gasteiger partial charge in [-0.3, -0.25) is 4.79 Å². The zero-order valence-corrected chi connectivity index (χ0v) is 18.6. The Morgan fingerprint density at radius 2 is 1.67 bits per heavy atom. The molecule has 7 nitrogen and oxygen atoms in total. The van der Waals surface area contributed by atoms with Crippen LogP contribution in [0.3, 0.4) is 0 Å². The van der Waals surface area contributed by atoms with Crippen LogP contribution in [0.25, 0.3) is 0 Å². The average molecular weight is 421 g/mol. The van der Waals surface area contributed by atoms with E-state index in [9.17, 15) is 14.4 Å². The number of methoxy groups -OCH3 is 1. The van der Waals surface area contributed by atoms with Crippen LogP contribution in [0, 0.1) is 5.92 Å². The molecule has 0 spiro atoms. The summed E-state index contributed by atoms with van der Waals surface area (Å²) in [6.45, 7) is 6.14. The van der Waals surface area contributed by atoms with E-state index in [0.29, 0.717) is 12.8 Å². The Bertz CT molecular complexity index is 648. The fourth-order valence-electron chi connectivity index (χ4n) is 3.05. The molecule has 2 atom stereocenters. The Kier molecular flexibility index (Phi) is 12.2. The first-order valence-electron chi connectivity index (χ1n) is 10.7. The van der Waals surface area contributed by atoms with Gasteiger partial charge >= 0.3 is 12.1 Å². The lowest BCUT2D eigenvalue weighted by atomic mass is 10.0. The third kappa shape index (κ3) is 10.3. The van der Waals surface area contributed by atoms with E-state index < -0.39 is 30.1 Å². The monoisotopic (exact) mass is 420 g/mol. The molecular weight excluding hydrogens is 384 g/mol. The van der Waals surface area contributed by atoms with Crippen molar-refractivity contribution in [3.8, 4) is 0 Å². The minimum absolute atomic E-state index is 0.116. The summed E-state index contributed by atoms with van der Waals surface area (Å²) in [5.74, 6) is -0.725. The molecule has 0 aliphatic carbocycles. The maximum Gasteiger partial charge on any atom is 0.408 e. The first kappa shape index (κ1) is 25.5. The van der Waals surface area contributed by atoms with Crippen molar-refractivity contribution in [2.24, 2.45) is 5.92 Å². The molecule has 1 aromatic carbocycles. The molecule has 0 bridgehead atoms. The van der Waals surface area contributed by atoms with Crippen molar-refractivity contribution in [2.75, 3.05) is 7.11 Å². The van der Waals surface area contributed by atoms with E-state index in [1.165, 1.54) is 7.11 Å². The first-order chi connectivity index (χ1) is 14.4. The van der Waals surface area contributed by atoms with E-state index in [2.05, 4.69) is 17.6 Å². The second kappa shape index (κ2) is 14.4. The number of carbonyl (C=O) groups is 3. The summed E-state index contributed by atoms with van der Waals surface area (Å²) in [7, 11) is 1.30. The number of hydrogen-bond acceptors (Lipinski definition) is 5. The minimum Gasteiger partial charge on any atom is -0.467 e. The van der Waals surface area contributed by atoms with Gasteiger partial charge in [-0.15, -0.1) is 0 Å². The van der Waals surface area contributed by atoms with Gasteiger partial charge in [-0.05, 0) is 24.3 Å². The summed E-state index contributed by atoms with van der Waals surface area (Å²) in [5, 5.41) is 5.38. The Morgan fingerprint density at radius 3 is 2.27 bits per heavy atom. The van der Waals surface area contributed by atoms with E-state index in [1.807, 2.05) is 44.2 Å². The highest BCUT2D eigenvalue weighted by molar-refractivity contribution is 5.89. The quantitative estimate of drug-likeness (QED) is 0.372. The predicted molar refractivity (Wildman–Crippen MR) is 116 cm³/mol. The molecule has 7 heteroatoms. The zero-order chi connectivity index (χ0) is 22.4. The number of unbranched alkanes of at least 4 members (excludes halogenated alkanes) is 3. The number of benzene rings is 1. The standard InChI is InChI=1S/C23H36N2O5/c1-5-6-7-11-14-19(22(27)29-4)24-21(26)20(15-17(2)3)25-23(28)30-16-18-12-9-8-10-13-18/h8-10,12-13,17,19-20H,5-7,11,14-16H2,1-4H3,(H,24,26)(H,25,28)/t19-,20-/m0/s1. The normalized spacial score (nSPS) is 12.7. The van der Waals surface area contributed by atoms with Gasteiger partial charge in [0.25, 0.3) is 0 Å². The Balaban J connectivity index is 2.67. The molecule has 0 saturated carbocycles. The van der Waals surface area contributed by atoms with Gasteiger partial charge < -0.3 is 20.1 Å². The smallest absolute Gasteiger partial charge is 0.408 e. The summed E-state index contributed by atoms with van der Waals surface area (Å²) < 4.78 is 10.1. The Morgan fingerprint density at radius 1 is 0.967 bits per heavy atom. The van der Waals surface area contributed by atoms with Crippen LogP contribution in [0.5, 0.6) is 0 Å². The summed E-state index contributed by atoms with van der Waals surface area (Å²) in [5.41, 5.74) is 0.857. The number of carbonyl (C=O) groups excluding carboxylic acids is 3. The highest BCUT2D eigenvalue weighted by atomic mass is 16.5. The molecule has 0 radical (unpaired) electrons. The van der Waals surface area contributed by atoms with Crippen LogP contribution in [0.15, 0.2) is 30.3 Å². The summed E-state index contributed by atoms with van der Waals surface area (Å²) >= 11 is 0. The predicted octanol–water partition coefficient (Wildman–Crippen LogP) is 3.96. The highest BCUT2D eigenvalue weighted by Gasteiger charge is 2.28. The largest absolute Gasteiger partial charge is 0.467 e. The molecule has 0 aliphatic heterocycles. The summed E-state index contributed by atoms with van der Waals surface area (Å²) in [6, 6.07) is 7.79. The van der Waals surface area contributed by atoms with E-state index >= 15 is 0 Å². The minimum atomic E-state index is -0.795. The number of esters is 1. The third-order valence-corrected chi connectivity index (χ3v) is 4.68. The maximum absolute atomic E-state index is 12.8. The number of hydrogen-bond donors (Lipinski definition) is 2. The first-order valence-corrected chi connectivity index (χ1v) is 10.7. The SMILES string of the molecule is CCCCCC[C@H](NC(=O)[C@H](CC(C)C)NC(=O)OCc1ccccc1)C(=O)OC. The van der Waals surface area contributed by atoms with Crippen LogP contribution in [0.4, 0.5) is 4.79 Å². The zero-order valence-electron chi connectivity index (χ0n) is 18.6. The van der Waals surface area contributed by atoms with Gasteiger partial charge in [0.15, 0.2) is 0 Å². The molecule has 30 heavy (non-hydrogen) atoms. The molecule has 168 valence electrons. The van der Waals surface area contributed by atoms with E-state index in [0.717, 1.165) is 31.2 Å². The molecule has 1 rings (SSSR count). The third-order valence-electron chi connectivity index (χ3n) is 4.68. The van der Waals surface area contributed by atoms with Crippen molar-refractivity contribution >= 4 is 18.0 Å². The van der Waals surface area contributed by atoms with Crippen molar-refractivity contribution in [2.45, 2.75) is 78.0 Å². The molecular formula is C23H36N2O5. The van der Waals surface area contributed by atoms with Crippen molar-refractivity contribution in [1.82, 2.24) is 10.6 Å². The lowest BCUT2D eigenvalue weighted by Gasteiger charge is -2.23. The van der Waals surface area contributed by atoms with Gasteiger partial charge in [0, 0.05) is 0 Å². The summed E-state index contributed by atoms with van der Waals surface area (Å²) in [6.07, 6.45) is 4.22. The molecule has 0 aromatic heterocycles. The Labute approximate surface area is 179 Å². The van der Waals surface area contributed by atoms with Crippen LogP contribution in [0.1, 0.15) is 64.9 Å². The van der Waals surface area contributed by atoms with Gasteiger partial charge in [0.05, 0.1) is 7.11 Å². The number of rotatable bonds is 13. The molecule has 0 heterocycles. The van der Waals surface area contributed by atoms with Gasteiger partial charge in [0.1, 0.15) is 18.7 Å². The highest BCUT2D eigenvalue weighted by Crippen LogP contribution is 2.10. The van der Waals surface area contributed by atoms with Crippen LogP contribution in [-0.4, -0.2) is 37.2 Å². The fraction of sp³-hybridized carbons (Fsp3) is 0.609. The fourth-order valence-corrected chi connectivity index (χ4v) is 3.05. The van der Waals surface area contributed by atoms with Crippen molar-refractivity contribution in [1.29, 1.82) is 0 Å². The van der Waals surface area contributed by atoms with Gasteiger partial charge in [0.2, 0.25) is 5.91 Å². The molecule has 0 unspecified atom stereocenters. The van der Waals surface area contributed by atoms with Crippen molar-refractivity contribution < 1.29 is 23.9 Å². The lowest BCUT2D eigenvalue weighted by molar-refractivity contribution is -0.145. The van der Waals surface area contributed by atoms with Crippen LogP contribution >= 0.6 is 0 Å². The second-order valence-electron chi connectivity index (χ2n) is 7.82. The Hall–Kier alpha value is -2.57. The molecule has 0 aliphatic rings. The van der Waals surface area contributed by atoms with E-state index in [-0.39, 0.29) is 12.5 Å².